The molecule has 0 radical (unpaired) electrons. The summed E-state index contributed by atoms with van der Waals surface area (Å²) in [5.74, 6) is 4.73. The molecule has 29 heavy (non-hydrogen) atoms. The van der Waals surface area contributed by atoms with Crippen molar-refractivity contribution >= 4 is 22.8 Å². The molecule has 4 aromatic rings. The number of pyridine rings is 1. The maximum atomic E-state index is 13.8. The predicted molar refractivity (Wildman–Crippen MR) is 114 cm³/mol. The van der Waals surface area contributed by atoms with Gasteiger partial charge in [0.2, 0.25) is 0 Å². The first kappa shape index (κ1) is 19.2. The minimum atomic E-state index is -0.922. The van der Waals surface area contributed by atoms with Crippen LogP contribution in [0.15, 0.2) is 54.7 Å². The number of thiophene rings is 1. The monoisotopic (exact) mass is 407 g/mol. The lowest BCUT2D eigenvalue weighted by Crippen LogP contribution is -2.27. The largest absolute Gasteiger partial charge is 0.365 e. The number of imidazole rings is 1. The van der Waals surface area contributed by atoms with Gasteiger partial charge in [-0.05, 0) is 57.2 Å². The van der Waals surface area contributed by atoms with E-state index in [4.69, 9.17) is 4.98 Å². The van der Waals surface area contributed by atoms with Crippen molar-refractivity contribution in [1.29, 1.82) is 0 Å². The van der Waals surface area contributed by atoms with E-state index in [2.05, 4.69) is 37.9 Å². The summed E-state index contributed by atoms with van der Waals surface area (Å²) in [5.41, 5.74) is 1.58. The van der Waals surface area contributed by atoms with E-state index < -0.39 is 11.6 Å². The second-order valence-electron chi connectivity index (χ2n) is 7.63. The van der Waals surface area contributed by atoms with E-state index >= 15 is 0 Å². The van der Waals surface area contributed by atoms with Crippen LogP contribution in [0.25, 0.3) is 16.2 Å². The number of aromatic nitrogens is 2. The van der Waals surface area contributed by atoms with E-state index in [1.165, 1.54) is 23.5 Å². The summed E-state index contributed by atoms with van der Waals surface area (Å²) in [7, 11) is 0. The number of rotatable bonds is 2. The fourth-order valence-corrected chi connectivity index (χ4v) is 3.75. The molecule has 0 aliphatic carbocycles. The van der Waals surface area contributed by atoms with Crippen LogP contribution in [0.4, 0.5) is 14.6 Å². The highest BCUT2D eigenvalue weighted by molar-refractivity contribution is 7.16. The number of nitrogens with zero attached hydrogens (tertiary/aromatic N) is 2. The van der Waals surface area contributed by atoms with Crippen molar-refractivity contribution in [3.8, 4) is 22.4 Å². The van der Waals surface area contributed by atoms with E-state index in [0.717, 1.165) is 33.0 Å². The van der Waals surface area contributed by atoms with Gasteiger partial charge in [0.1, 0.15) is 17.2 Å². The smallest absolute Gasteiger partial charge is 0.174 e. The van der Waals surface area contributed by atoms with Crippen molar-refractivity contribution in [3.05, 3.63) is 76.8 Å². The van der Waals surface area contributed by atoms with Crippen molar-refractivity contribution in [2.24, 2.45) is 0 Å². The topological polar surface area (TPSA) is 29.3 Å². The fourth-order valence-electron chi connectivity index (χ4n) is 2.90. The quantitative estimate of drug-likeness (QED) is 0.416. The van der Waals surface area contributed by atoms with Gasteiger partial charge >= 0.3 is 0 Å². The Morgan fingerprint density at radius 1 is 1.00 bits per heavy atom. The molecule has 0 saturated carbocycles. The summed E-state index contributed by atoms with van der Waals surface area (Å²) in [6.07, 6.45) is 1.97. The molecule has 0 aliphatic rings. The molecule has 0 amide bonds. The first-order chi connectivity index (χ1) is 13.8. The van der Waals surface area contributed by atoms with Crippen LogP contribution in [0.2, 0.25) is 0 Å². The van der Waals surface area contributed by atoms with Crippen LogP contribution in [0.5, 0.6) is 0 Å². The van der Waals surface area contributed by atoms with Crippen molar-refractivity contribution in [2.75, 3.05) is 5.32 Å². The predicted octanol–water partition coefficient (Wildman–Crippen LogP) is 5.95. The Labute approximate surface area is 172 Å². The van der Waals surface area contributed by atoms with E-state index in [1.807, 2.05) is 40.9 Å². The number of benzene rings is 1. The van der Waals surface area contributed by atoms with Crippen molar-refractivity contribution < 1.29 is 8.78 Å². The third-order valence-corrected chi connectivity index (χ3v) is 5.14. The molecule has 0 atom stereocenters. The van der Waals surface area contributed by atoms with Gasteiger partial charge in [-0.2, -0.15) is 0 Å². The van der Waals surface area contributed by atoms with Crippen LogP contribution in [0.3, 0.4) is 0 Å². The lowest BCUT2D eigenvalue weighted by atomic mass is 10.1. The lowest BCUT2D eigenvalue weighted by Gasteiger charge is -2.22. The zero-order chi connectivity index (χ0) is 20.6. The molecule has 0 unspecified atom stereocenters. The average Bonchev–Trinajstić information content (AvgIpc) is 3.27. The molecule has 3 heterocycles. The van der Waals surface area contributed by atoms with Gasteiger partial charge in [-0.3, -0.25) is 4.40 Å². The third kappa shape index (κ3) is 4.01. The summed E-state index contributed by atoms with van der Waals surface area (Å²) in [6, 6.07) is 13.7. The highest BCUT2D eigenvalue weighted by atomic mass is 32.1. The van der Waals surface area contributed by atoms with Gasteiger partial charge in [0.05, 0.1) is 15.3 Å². The van der Waals surface area contributed by atoms with Crippen LogP contribution in [0, 0.1) is 23.5 Å². The zero-order valence-electron chi connectivity index (χ0n) is 16.3. The number of halogens is 2. The van der Waals surface area contributed by atoms with Gasteiger partial charge in [-0.1, -0.05) is 24.0 Å². The molecule has 3 nitrogen and oxygen atoms in total. The Hall–Kier alpha value is -3.17. The Balaban J connectivity index is 1.74. The summed E-state index contributed by atoms with van der Waals surface area (Å²) in [4.78, 5) is 6.48. The molecule has 0 bridgehead atoms. The van der Waals surface area contributed by atoms with Crippen LogP contribution in [-0.2, 0) is 0 Å². The van der Waals surface area contributed by atoms with Crippen molar-refractivity contribution in [2.45, 2.75) is 26.3 Å². The molecule has 6 heteroatoms. The van der Waals surface area contributed by atoms with E-state index in [9.17, 15) is 8.78 Å². The Morgan fingerprint density at radius 2 is 1.83 bits per heavy atom. The SMILES string of the molecule is CC(C)(C)Nc1c(-c2ccc(C#Cc3cccc(F)c3F)s2)nc2ccccn12. The summed E-state index contributed by atoms with van der Waals surface area (Å²) < 4.78 is 29.2. The van der Waals surface area contributed by atoms with Gasteiger partial charge < -0.3 is 5.32 Å². The maximum Gasteiger partial charge on any atom is 0.174 e. The number of hydrogen-bond donors (Lipinski definition) is 1. The number of nitrogens with one attached hydrogen (secondary N) is 1. The Morgan fingerprint density at radius 3 is 2.62 bits per heavy atom. The molecule has 0 aliphatic heterocycles. The lowest BCUT2D eigenvalue weighted by molar-refractivity contribution is 0.506. The van der Waals surface area contributed by atoms with Crippen molar-refractivity contribution in [3.63, 3.8) is 0 Å². The molecule has 3 aromatic heterocycles. The third-order valence-electron chi connectivity index (χ3n) is 4.13. The molecule has 0 fully saturated rings. The Bertz CT molecular complexity index is 1250. The second kappa shape index (κ2) is 7.34. The second-order valence-corrected chi connectivity index (χ2v) is 8.71. The molecule has 1 N–H and O–H groups in total. The summed E-state index contributed by atoms with van der Waals surface area (Å²) >= 11 is 1.47. The molecule has 0 spiro atoms. The Kier molecular flexibility index (Phi) is 4.85. The standard InChI is InChI=1S/C23H19F2N3S/c1-23(2,3)27-22-21(26-19-9-4-5-14-28(19)22)18-13-12-16(29-18)11-10-15-7-6-8-17(24)20(15)25/h4-9,12-14,27H,1-3H3. The van der Waals surface area contributed by atoms with Gasteiger partial charge in [0.15, 0.2) is 11.6 Å². The van der Waals surface area contributed by atoms with Gasteiger partial charge in [-0.15, -0.1) is 11.3 Å². The number of hydrogen-bond acceptors (Lipinski definition) is 3. The molecule has 4 rings (SSSR count). The maximum absolute atomic E-state index is 13.8. The van der Waals surface area contributed by atoms with Crippen LogP contribution >= 0.6 is 11.3 Å². The van der Waals surface area contributed by atoms with Crippen LogP contribution in [-0.4, -0.2) is 14.9 Å². The van der Waals surface area contributed by atoms with E-state index in [0.29, 0.717) is 0 Å². The highest BCUT2D eigenvalue weighted by Crippen LogP contribution is 2.35. The molecule has 1 aromatic carbocycles. The van der Waals surface area contributed by atoms with Crippen LogP contribution in [0.1, 0.15) is 31.2 Å². The van der Waals surface area contributed by atoms with E-state index in [-0.39, 0.29) is 11.1 Å². The highest BCUT2D eigenvalue weighted by Gasteiger charge is 2.20. The first-order valence-electron chi connectivity index (χ1n) is 9.13. The van der Waals surface area contributed by atoms with Crippen LogP contribution < -0.4 is 5.32 Å². The van der Waals surface area contributed by atoms with Crippen molar-refractivity contribution in [1.82, 2.24) is 9.38 Å². The fraction of sp³-hybridized carbons (Fsp3) is 0.174. The normalized spacial score (nSPS) is 11.3. The number of fused-ring (bicyclic) bond motifs is 1. The van der Waals surface area contributed by atoms with Gasteiger partial charge in [0.25, 0.3) is 0 Å². The van der Waals surface area contributed by atoms with E-state index in [1.54, 1.807) is 0 Å². The minimum absolute atomic E-state index is 0.0442. The molecule has 0 saturated heterocycles. The zero-order valence-corrected chi connectivity index (χ0v) is 17.1. The van der Waals surface area contributed by atoms with Gasteiger partial charge in [-0.25, -0.2) is 13.8 Å². The minimum Gasteiger partial charge on any atom is -0.365 e. The molecular weight excluding hydrogens is 388 g/mol. The molecule has 146 valence electrons. The summed E-state index contributed by atoms with van der Waals surface area (Å²) in [6.45, 7) is 6.29. The molecular formula is C23H19F2N3S. The summed E-state index contributed by atoms with van der Waals surface area (Å²) in [5, 5.41) is 3.53. The first-order valence-corrected chi connectivity index (χ1v) is 9.95. The number of anilines is 1. The van der Waals surface area contributed by atoms with Gasteiger partial charge in [0, 0.05) is 11.7 Å². The average molecular weight is 407 g/mol.